The Bertz CT molecular complexity index is 1030. The maximum absolute atomic E-state index is 13.1. The number of aromatic nitrogens is 2. The number of rotatable bonds is 5. The fraction of sp³-hybridized carbons (Fsp3) is 0.348. The average Bonchev–Trinajstić information content (AvgIpc) is 2.98. The van der Waals surface area contributed by atoms with Crippen molar-refractivity contribution in [1.29, 1.82) is 0 Å². The molecule has 1 saturated heterocycles. The first kappa shape index (κ1) is 19.3. The molecular formula is C23H28N4O2. The average molecular weight is 393 g/mol. The van der Waals surface area contributed by atoms with Gasteiger partial charge in [0.05, 0.1) is 24.0 Å². The van der Waals surface area contributed by atoms with Crippen LogP contribution in [0.15, 0.2) is 59.4 Å². The van der Waals surface area contributed by atoms with Crippen LogP contribution >= 0.6 is 0 Å². The first-order valence-electron chi connectivity index (χ1n) is 10.0. The molecule has 0 radical (unpaired) electrons. The van der Waals surface area contributed by atoms with E-state index in [2.05, 4.69) is 15.9 Å². The summed E-state index contributed by atoms with van der Waals surface area (Å²) in [7, 11) is 3.66. The van der Waals surface area contributed by atoms with E-state index in [1.807, 2.05) is 67.2 Å². The van der Waals surface area contributed by atoms with Gasteiger partial charge in [0.1, 0.15) is 5.75 Å². The van der Waals surface area contributed by atoms with E-state index in [-0.39, 0.29) is 5.56 Å². The largest absolute Gasteiger partial charge is 0.495 e. The van der Waals surface area contributed by atoms with E-state index in [1.54, 1.807) is 11.8 Å². The first-order chi connectivity index (χ1) is 14.1. The lowest BCUT2D eigenvalue weighted by Crippen LogP contribution is -2.46. The van der Waals surface area contributed by atoms with Crippen molar-refractivity contribution in [3.63, 3.8) is 0 Å². The summed E-state index contributed by atoms with van der Waals surface area (Å²) >= 11 is 0. The summed E-state index contributed by atoms with van der Waals surface area (Å²) in [5.74, 6) is 0.908. The van der Waals surface area contributed by atoms with Gasteiger partial charge in [0.15, 0.2) is 0 Å². The van der Waals surface area contributed by atoms with Crippen molar-refractivity contribution in [3.05, 3.63) is 76.2 Å². The number of anilines is 1. The fourth-order valence-corrected chi connectivity index (χ4v) is 4.07. The Hall–Kier alpha value is -2.99. The van der Waals surface area contributed by atoms with Crippen LogP contribution in [0.3, 0.4) is 0 Å². The van der Waals surface area contributed by atoms with Crippen molar-refractivity contribution in [2.75, 3.05) is 38.2 Å². The normalized spacial score (nSPS) is 14.9. The molecular weight excluding hydrogens is 364 g/mol. The summed E-state index contributed by atoms with van der Waals surface area (Å²) in [6.07, 6.45) is 0. The minimum Gasteiger partial charge on any atom is -0.495 e. The van der Waals surface area contributed by atoms with Gasteiger partial charge in [-0.2, -0.15) is 0 Å². The molecule has 29 heavy (non-hydrogen) atoms. The molecule has 6 nitrogen and oxygen atoms in total. The van der Waals surface area contributed by atoms with Crippen molar-refractivity contribution < 1.29 is 4.74 Å². The Balaban J connectivity index is 1.50. The summed E-state index contributed by atoms with van der Waals surface area (Å²) in [5, 5.41) is 0. The van der Waals surface area contributed by atoms with Gasteiger partial charge in [-0.3, -0.25) is 14.4 Å². The molecule has 0 amide bonds. The van der Waals surface area contributed by atoms with E-state index < -0.39 is 0 Å². The first-order valence-corrected chi connectivity index (χ1v) is 10.0. The van der Waals surface area contributed by atoms with Gasteiger partial charge in [0.2, 0.25) is 0 Å². The molecule has 2 aromatic carbocycles. The zero-order valence-electron chi connectivity index (χ0n) is 17.3. The third-order valence-electron chi connectivity index (χ3n) is 5.85. The molecule has 0 atom stereocenters. The lowest BCUT2D eigenvalue weighted by atomic mass is 10.2. The molecule has 4 rings (SSSR count). The van der Waals surface area contributed by atoms with Crippen LogP contribution in [0.2, 0.25) is 0 Å². The van der Waals surface area contributed by atoms with E-state index in [4.69, 9.17) is 4.74 Å². The van der Waals surface area contributed by atoms with Crippen LogP contribution in [0.5, 0.6) is 5.75 Å². The lowest BCUT2D eigenvalue weighted by molar-refractivity contribution is 0.248. The summed E-state index contributed by atoms with van der Waals surface area (Å²) < 4.78 is 9.22. The Kier molecular flexibility index (Phi) is 5.45. The molecule has 1 fully saturated rings. The third kappa shape index (κ3) is 3.68. The number of methoxy groups -OCH3 is 1. The summed E-state index contributed by atoms with van der Waals surface area (Å²) in [6.45, 7) is 6.37. The maximum Gasteiger partial charge on any atom is 0.276 e. The lowest BCUT2D eigenvalue weighted by Gasteiger charge is -2.36. The predicted molar refractivity (Wildman–Crippen MR) is 116 cm³/mol. The van der Waals surface area contributed by atoms with E-state index in [0.717, 1.165) is 54.6 Å². The zero-order chi connectivity index (χ0) is 20.4. The Morgan fingerprint density at radius 1 is 0.931 bits per heavy atom. The van der Waals surface area contributed by atoms with E-state index in [9.17, 15) is 4.79 Å². The highest BCUT2D eigenvalue weighted by Gasteiger charge is 2.23. The van der Waals surface area contributed by atoms with Crippen molar-refractivity contribution in [2.24, 2.45) is 7.05 Å². The maximum atomic E-state index is 13.1. The number of para-hydroxylation sites is 3. The molecule has 1 aliphatic heterocycles. The van der Waals surface area contributed by atoms with Crippen LogP contribution in [-0.2, 0) is 13.6 Å². The number of benzene rings is 2. The highest BCUT2D eigenvalue weighted by Crippen LogP contribution is 2.28. The summed E-state index contributed by atoms with van der Waals surface area (Å²) in [4.78, 5) is 17.9. The van der Waals surface area contributed by atoms with Crippen LogP contribution in [-0.4, -0.2) is 47.6 Å². The Morgan fingerprint density at radius 2 is 1.59 bits per heavy atom. The molecule has 0 saturated carbocycles. The minimum absolute atomic E-state index is 0.0726. The van der Waals surface area contributed by atoms with Gasteiger partial charge >= 0.3 is 0 Å². The number of piperazine rings is 1. The molecule has 6 heteroatoms. The number of ether oxygens (including phenoxy) is 1. The molecule has 0 bridgehead atoms. The van der Waals surface area contributed by atoms with Crippen molar-refractivity contribution in [3.8, 4) is 11.4 Å². The van der Waals surface area contributed by atoms with Gasteiger partial charge in [-0.15, -0.1) is 0 Å². The second kappa shape index (κ2) is 8.17. The van der Waals surface area contributed by atoms with Crippen LogP contribution < -0.4 is 15.2 Å². The van der Waals surface area contributed by atoms with Crippen molar-refractivity contribution in [1.82, 2.24) is 14.3 Å². The zero-order valence-corrected chi connectivity index (χ0v) is 17.3. The van der Waals surface area contributed by atoms with Gasteiger partial charge in [-0.05, 0) is 31.2 Å². The SMILES string of the molecule is COc1ccccc1N1CCN(Cc2c(C)n(C)n(-c3ccccc3)c2=O)CC1. The van der Waals surface area contributed by atoms with Crippen LogP contribution in [0, 0.1) is 6.92 Å². The fourth-order valence-electron chi connectivity index (χ4n) is 4.07. The quantitative estimate of drug-likeness (QED) is 0.670. The highest BCUT2D eigenvalue weighted by molar-refractivity contribution is 5.58. The number of hydrogen-bond donors (Lipinski definition) is 0. The highest BCUT2D eigenvalue weighted by atomic mass is 16.5. The van der Waals surface area contributed by atoms with Crippen molar-refractivity contribution in [2.45, 2.75) is 13.5 Å². The van der Waals surface area contributed by atoms with Crippen molar-refractivity contribution >= 4 is 5.69 Å². The number of nitrogens with zero attached hydrogens (tertiary/aromatic N) is 4. The monoisotopic (exact) mass is 392 g/mol. The third-order valence-corrected chi connectivity index (χ3v) is 5.85. The van der Waals surface area contributed by atoms with Crippen LogP contribution in [0.1, 0.15) is 11.3 Å². The predicted octanol–water partition coefficient (Wildman–Crippen LogP) is 2.82. The molecule has 1 aromatic heterocycles. The topological polar surface area (TPSA) is 42.6 Å². The molecule has 0 N–H and O–H groups in total. The molecule has 1 aliphatic rings. The van der Waals surface area contributed by atoms with Gasteiger partial charge in [0, 0.05) is 45.5 Å². The van der Waals surface area contributed by atoms with E-state index >= 15 is 0 Å². The summed E-state index contributed by atoms with van der Waals surface area (Å²) in [6, 6.07) is 18.0. The second-order valence-corrected chi connectivity index (χ2v) is 7.48. The molecule has 0 aliphatic carbocycles. The van der Waals surface area contributed by atoms with Gasteiger partial charge in [0.25, 0.3) is 5.56 Å². The Labute approximate surface area is 171 Å². The van der Waals surface area contributed by atoms with Crippen LogP contribution in [0.4, 0.5) is 5.69 Å². The van der Waals surface area contributed by atoms with Gasteiger partial charge in [-0.25, -0.2) is 4.68 Å². The van der Waals surface area contributed by atoms with Crippen LogP contribution in [0.25, 0.3) is 5.69 Å². The van der Waals surface area contributed by atoms with E-state index in [0.29, 0.717) is 6.54 Å². The minimum atomic E-state index is 0.0726. The van der Waals surface area contributed by atoms with Gasteiger partial charge < -0.3 is 9.64 Å². The number of hydrogen-bond acceptors (Lipinski definition) is 4. The molecule has 152 valence electrons. The standard InChI is InChI=1S/C23H28N4O2/c1-18-20(23(28)27(24(18)2)19-9-5-4-6-10-19)17-25-13-15-26(16-14-25)21-11-7-8-12-22(21)29-3/h4-12H,13-17H2,1-3H3. The molecule has 2 heterocycles. The Morgan fingerprint density at radius 3 is 2.28 bits per heavy atom. The second-order valence-electron chi connectivity index (χ2n) is 7.48. The molecule has 0 unspecified atom stereocenters. The molecule has 3 aromatic rings. The van der Waals surface area contributed by atoms with Gasteiger partial charge in [-0.1, -0.05) is 30.3 Å². The summed E-state index contributed by atoms with van der Waals surface area (Å²) in [5.41, 5.74) is 4.00. The molecule has 0 spiro atoms. The van der Waals surface area contributed by atoms with E-state index in [1.165, 1.54) is 0 Å². The smallest absolute Gasteiger partial charge is 0.276 e.